The summed E-state index contributed by atoms with van der Waals surface area (Å²) in [6.07, 6.45) is 2.87. The highest BCUT2D eigenvalue weighted by Gasteiger charge is 2.36. The normalized spacial score (nSPS) is 16.8. The highest BCUT2D eigenvalue weighted by molar-refractivity contribution is 5.82. The van der Waals surface area contributed by atoms with Crippen molar-refractivity contribution >= 4 is 5.91 Å². The zero-order valence-electron chi connectivity index (χ0n) is 10.4. The van der Waals surface area contributed by atoms with Crippen LogP contribution in [0.5, 0.6) is 0 Å². The summed E-state index contributed by atoms with van der Waals surface area (Å²) in [7, 11) is 0. The third-order valence-corrected chi connectivity index (χ3v) is 3.01. The lowest BCUT2D eigenvalue weighted by Crippen LogP contribution is -2.52. The Hall–Kier alpha value is -1.45. The van der Waals surface area contributed by atoms with Gasteiger partial charge in [0.15, 0.2) is 0 Å². The average Bonchev–Trinajstić information content (AvgIpc) is 2.13. The van der Waals surface area contributed by atoms with E-state index in [1.54, 1.807) is 6.20 Å². The lowest BCUT2D eigenvalue weighted by Gasteiger charge is -2.42. The maximum absolute atomic E-state index is 13.0. The summed E-state index contributed by atoms with van der Waals surface area (Å²) in [6, 6.07) is 1.50. The van der Waals surface area contributed by atoms with Crippen LogP contribution in [-0.2, 0) is 4.79 Å². The maximum atomic E-state index is 13.0. The summed E-state index contributed by atoms with van der Waals surface area (Å²) in [5.41, 5.74) is 0.536. The monoisotopic (exact) mass is 236 g/mol. The Bertz CT molecular complexity index is 433. The van der Waals surface area contributed by atoms with Crippen molar-refractivity contribution in [1.82, 2.24) is 9.88 Å². The Labute approximate surface area is 101 Å². The van der Waals surface area contributed by atoms with Crippen LogP contribution >= 0.6 is 0 Å². The zero-order chi connectivity index (χ0) is 12.6. The highest BCUT2D eigenvalue weighted by Crippen LogP contribution is 2.30. The number of amides is 1. The van der Waals surface area contributed by atoms with Gasteiger partial charge in [0, 0.05) is 30.6 Å². The molecule has 2 rings (SSSR count). The summed E-state index contributed by atoms with van der Waals surface area (Å²) >= 11 is 0. The van der Waals surface area contributed by atoms with Crippen molar-refractivity contribution in [1.29, 1.82) is 0 Å². The predicted molar refractivity (Wildman–Crippen MR) is 63.0 cm³/mol. The first-order valence-electron chi connectivity index (χ1n) is 5.78. The van der Waals surface area contributed by atoms with E-state index in [0.29, 0.717) is 13.1 Å². The molecule has 0 unspecified atom stereocenters. The summed E-state index contributed by atoms with van der Waals surface area (Å²) < 4.78 is 13.0. The second kappa shape index (κ2) is 4.09. The molecule has 4 heteroatoms. The van der Waals surface area contributed by atoms with Crippen molar-refractivity contribution in [3.63, 3.8) is 0 Å². The van der Waals surface area contributed by atoms with Crippen molar-refractivity contribution in [2.45, 2.75) is 26.7 Å². The molecule has 1 aliphatic rings. The second-order valence-electron chi connectivity index (χ2n) is 5.59. The number of halogens is 1. The molecule has 0 aliphatic carbocycles. The molecule has 1 aliphatic heterocycles. The lowest BCUT2D eigenvalue weighted by molar-refractivity contribution is -0.144. The zero-order valence-corrected chi connectivity index (χ0v) is 10.4. The molecule has 1 aromatic rings. The van der Waals surface area contributed by atoms with Gasteiger partial charge in [0.2, 0.25) is 5.91 Å². The third kappa shape index (κ3) is 2.46. The number of rotatable bonds is 1. The number of aromatic nitrogens is 1. The molecule has 0 saturated carbocycles. The van der Waals surface area contributed by atoms with E-state index in [2.05, 4.69) is 4.98 Å². The Kier molecular flexibility index (Phi) is 2.89. The molecular weight excluding hydrogens is 219 g/mol. The molecule has 0 radical (unpaired) electrons. The molecule has 1 aromatic heterocycles. The number of hydrogen-bond donors (Lipinski definition) is 0. The van der Waals surface area contributed by atoms with E-state index in [9.17, 15) is 9.18 Å². The quantitative estimate of drug-likeness (QED) is 0.749. The number of likely N-dealkylation sites (tertiary alicyclic amines) is 1. The van der Waals surface area contributed by atoms with Gasteiger partial charge < -0.3 is 4.90 Å². The Morgan fingerprint density at radius 2 is 2.06 bits per heavy atom. The van der Waals surface area contributed by atoms with E-state index in [4.69, 9.17) is 0 Å². The predicted octanol–water partition coefficient (Wildman–Crippen LogP) is 2.19. The van der Waals surface area contributed by atoms with Crippen molar-refractivity contribution in [2.75, 3.05) is 13.1 Å². The van der Waals surface area contributed by atoms with E-state index < -0.39 is 0 Å². The van der Waals surface area contributed by atoms with Crippen LogP contribution in [0.25, 0.3) is 0 Å². The fraction of sp³-hybridized carbons (Fsp3) is 0.538. The van der Waals surface area contributed by atoms with Crippen LogP contribution < -0.4 is 0 Å². The fourth-order valence-electron chi connectivity index (χ4n) is 1.98. The SMILES string of the molecule is CC(C)(C)C(=O)N1CC(c2cncc(F)c2)C1. The van der Waals surface area contributed by atoms with Crippen LogP contribution in [-0.4, -0.2) is 28.9 Å². The average molecular weight is 236 g/mol. The molecule has 17 heavy (non-hydrogen) atoms. The number of pyridine rings is 1. The van der Waals surface area contributed by atoms with Crippen LogP contribution in [0.2, 0.25) is 0 Å². The first-order valence-corrected chi connectivity index (χ1v) is 5.78. The van der Waals surface area contributed by atoms with Crippen LogP contribution in [0.1, 0.15) is 32.3 Å². The van der Waals surface area contributed by atoms with Gasteiger partial charge in [-0.2, -0.15) is 0 Å². The standard InChI is InChI=1S/C13H17FN2O/c1-13(2,3)12(17)16-7-10(8-16)9-4-11(14)6-15-5-9/h4-6,10H,7-8H2,1-3H3. The molecular formula is C13H17FN2O. The van der Waals surface area contributed by atoms with Crippen LogP contribution in [0, 0.1) is 11.2 Å². The van der Waals surface area contributed by atoms with Crippen molar-refractivity contribution < 1.29 is 9.18 Å². The van der Waals surface area contributed by atoms with Crippen LogP contribution in [0.4, 0.5) is 4.39 Å². The van der Waals surface area contributed by atoms with Gasteiger partial charge in [-0.05, 0) is 11.6 Å². The van der Waals surface area contributed by atoms with E-state index in [1.807, 2.05) is 25.7 Å². The molecule has 0 N–H and O–H groups in total. The fourth-order valence-corrected chi connectivity index (χ4v) is 1.98. The van der Waals surface area contributed by atoms with E-state index >= 15 is 0 Å². The minimum Gasteiger partial charge on any atom is -0.341 e. The lowest BCUT2D eigenvalue weighted by atomic mass is 9.87. The summed E-state index contributed by atoms with van der Waals surface area (Å²) in [6.45, 7) is 7.06. The summed E-state index contributed by atoms with van der Waals surface area (Å²) in [5, 5.41) is 0. The molecule has 1 fully saturated rings. The second-order valence-corrected chi connectivity index (χ2v) is 5.59. The Balaban J connectivity index is 1.98. The van der Waals surface area contributed by atoms with Crippen molar-refractivity contribution in [2.24, 2.45) is 5.41 Å². The Morgan fingerprint density at radius 3 is 2.59 bits per heavy atom. The smallest absolute Gasteiger partial charge is 0.227 e. The molecule has 92 valence electrons. The van der Waals surface area contributed by atoms with Gasteiger partial charge in [0.05, 0.1) is 6.20 Å². The third-order valence-electron chi connectivity index (χ3n) is 3.01. The van der Waals surface area contributed by atoms with Gasteiger partial charge >= 0.3 is 0 Å². The first-order chi connectivity index (χ1) is 7.88. The molecule has 0 aromatic carbocycles. The largest absolute Gasteiger partial charge is 0.341 e. The molecule has 3 nitrogen and oxygen atoms in total. The van der Waals surface area contributed by atoms with Crippen molar-refractivity contribution in [3.05, 3.63) is 29.8 Å². The molecule has 0 spiro atoms. The molecule has 0 bridgehead atoms. The highest BCUT2D eigenvalue weighted by atomic mass is 19.1. The van der Waals surface area contributed by atoms with Gasteiger partial charge in [-0.1, -0.05) is 20.8 Å². The first kappa shape index (κ1) is 12.0. The van der Waals surface area contributed by atoms with E-state index in [1.165, 1.54) is 12.3 Å². The molecule has 1 saturated heterocycles. The van der Waals surface area contributed by atoms with Gasteiger partial charge in [0.25, 0.3) is 0 Å². The number of carbonyl (C=O) groups is 1. The van der Waals surface area contributed by atoms with Crippen molar-refractivity contribution in [3.8, 4) is 0 Å². The van der Waals surface area contributed by atoms with E-state index in [-0.39, 0.29) is 23.1 Å². The molecule has 0 atom stereocenters. The van der Waals surface area contributed by atoms with Crippen LogP contribution in [0.3, 0.4) is 0 Å². The van der Waals surface area contributed by atoms with E-state index in [0.717, 1.165) is 5.56 Å². The maximum Gasteiger partial charge on any atom is 0.227 e. The summed E-state index contributed by atoms with van der Waals surface area (Å²) in [4.78, 5) is 17.6. The minimum atomic E-state index is -0.342. The number of nitrogens with zero attached hydrogens (tertiary/aromatic N) is 2. The minimum absolute atomic E-state index is 0.151. The number of hydrogen-bond acceptors (Lipinski definition) is 2. The van der Waals surface area contributed by atoms with Gasteiger partial charge in [-0.15, -0.1) is 0 Å². The van der Waals surface area contributed by atoms with Gasteiger partial charge in [-0.3, -0.25) is 9.78 Å². The molecule has 1 amide bonds. The summed E-state index contributed by atoms with van der Waals surface area (Å²) in [5.74, 6) is 0.0608. The van der Waals surface area contributed by atoms with Gasteiger partial charge in [-0.25, -0.2) is 4.39 Å². The number of carbonyl (C=O) groups excluding carboxylic acids is 1. The van der Waals surface area contributed by atoms with Gasteiger partial charge in [0.1, 0.15) is 5.82 Å². The molecule has 2 heterocycles. The topological polar surface area (TPSA) is 33.2 Å². The Morgan fingerprint density at radius 1 is 1.41 bits per heavy atom. The van der Waals surface area contributed by atoms with Crippen LogP contribution in [0.15, 0.2) is 18.5 Å².